The summed E-state index contributed by atoms with van der Waals surface area (Å²) in [6.45, 7) is 4.17. The Morgan fingerprint density at radius 3 is 2.00 bits per heavy atom. The average molecular weight is 394 g/mol. The molecular formula is C25H35N3O. The molecule has 2 aromatic carbocycles. The first-order chi connectivity index (χ1) is 14.3. The van der Waals surface area contributed by atoms with Gasteiger partial charge in [0.05, 0.1) is 17.6 Å². The monoisotopic (exact) mass is 393 g/mol. The molecular weight excluding hydrogens is 358 g/mol. The van der Waals surface area contributed by atoms with Crippen LogP contribution in [0.5, 0.6) is 0 Å². The molecule has 0 unspecified atom stereocenters. The maximum Gasteiger partial charge on any atom is 0.205 e. The third kappa shape index (κ3) is 6.07. The number of benzene rings is 2. The van der Waals surface area contributed by atoms with Gasteiger partial charge in [-0.05, 0) is 24.1 Å². The lowest BCUT2D eigenvalue weighted by atomic mass is 10.1. The highest BCUT2D eigenvalue weighted by Gasteiger charge is 2.10. The van der Waals surface area contributed by atoms with Gasteiger partial charge in [0.15, 0.2) is 0 Å². The van der Waals surface area contributed by atoms with Gasteiger partial charge in [0.25, 0.3) is 0 Å². The Kier molecular flexibility index (Phi) is 8.57. The fourth-order valence-corrected chi connectivity index (χ4v) is 3.85. The molecule has 3 rings (SSSR count). The first-order valence-corrected chi connectivity index (χ1v) is 11.2. The molecule has 1 aromatic heterocycles. The number of aromatic nitrogens is 2. The minimum Gasteiger partial charge on any atom is -0.361 e. The molecule has 0 atom stereocenters. The molecule has 3 aromatic rings. The highest BCUT2D eigenvalue weighted by Crippen LogP contribution is 2.15. The van der Waals surface area contributed by atoms with E-state index in [4.69, 9.17) is 10.1 Å². The highest BCUT2D eigenvalue weighted by molar-refractivity contribution is 5.75. The van der Waals surface area contributed by atoms with Crippen molar-refractivity contribution in [2.45, 2.75) is 71.6 Å². The van der Waals surface area contributed by atoms with Crippen LogP contribution in [0, 0.1) is 5.41 Å². The van der Waals surface area contributed by atoms with Crippen molar-refractivity contribution < 1.29 is 4.74 Å². The van der Waals surface area contributed by atoms with Crippen LogP contribution in [0.1, 0.15) is 63.9 Å². The molecule has 4 heteroatoms. The van der Waals surface area contributed by atoms with Crippen molar-refractivity contribution in [3.05, 3.63) is 65.8 Å². The Labute approximate surface area is 174 Å². The smallest absolute Gasteiger partial charge is 0.205 e. The number of hydrogen-bond donors (Lipinski definition) is 1. The van der Waals surface area contributed by atoms with Crippen LogP contribution in [0.2, 0.25) is 0 Å². The summed E-state index contributed by atoms with van der Waals surface area (Å²) < 4.78 is 9.98. The van der Waals surface area contributed by atoms with E-state index < -0.39 is 0 Å². The first-order valence-electron chi connectivity index (χ1n) is 11.2. The van der Waals surface area contributed by atoms with Gasteiger partial charge in [0.1, 0.15) is 6.73 Å². The van der Waals surface area contributed by atoms with Crippen LogP contribution in [0.25, 0.3) is 11.0 Å². The number of nitrogens with zero attached hydrogens (tertiary/aromatic N) is 2. The van der Waals surface area contributed by atoms with Gasteiger partial charge in [-0.1, -0.05) is 94.3 Å². The summed E-state index contributed by atoms with van der Waals surface area (Å²) in [7, 11) is 0. The van der Waals surface area contributed by atoms with Crippen molar-refractivity contribution in [2.24, 2.45) is 0 Å². The standard InChI is InChI=1S/C25H35N3O/c1-2-3-4-5-6-7-8-14-19-29-21-28-24-18-13-12-17-23(24)27(25(28)26)20-22-15-10-9-11-16-22/h9-13,15-18,26H,2-8,14,19-21H2,1H3. The lowest BCUT2D eigenvalue weighted by molar-refractivity contribution is 0.0730. The quantitative estimate of drug-likeness (QED) is 0.351. The van der Waals surface area contributed by atoms with E-state index in [1.807, 2.05) is 34.9 Å². The van der Waals surface area contributed by atoms with Crippen molar-refractivity contribution in [3.63, 3.8) is 0 Å². The van der Waals surface area contributed by atoms with Crippen molar-refractivity contribution in [3.8, 4) is 0 Å². The summed E-state index contributed by atoms with van der Waals surface area (Å²) in [6.07, 6.45) is 10.4. The number of para-hydroxylation sites is 2. The van der Waals surface area contributed by atoms with Crippen molar-refractivity contribution in [2.75, 3.05) is 6.61 Å². The minimum atomic E-state index is 0.442. The van der Waals surface area contributed by atoms with Crippen LogP contribution < -0.4 is 5.62 Å². The first kappa shape index (κ1) is 21.4. The maximum atomic E-state index is 8.70. The number of nitrogens with one attached hydrogen (secondary N) is 1. The topological polar surface area (TPSA) is 42.9 Å². The van der Waals surface area contributed by atoms with E-state index in [0.717, 1.165) is 24.1 Å². The summed E-state index contributed by atoms with van der Waals surface area (Å²) >= 11 is 0. The third-order valence-corrected chi connectivity index (χ3v) is 5.52. The normalized spacial score (nSPS) is 11.3. The average Bonchev–Trinajstić information content (AvgIpc) is 3.01. The number of hydrogen-bond acceptors (Lipinski definition) is 2. The van der Waals surface area contributed by atoms with E-state index in [1.54, 1.807) is 0 Å². The predicted octanol–water partition coefficient (Wildman–Crippen LogP) is 6.09. The summed E-state index contributed by atoms with van der Waals surface area (Å²) in [5, 5.41) is 8.70. The largest absolute Gasteiger partial charge is 0.361 e. The van der Waals surface area contributed by atoms with Gasteiger partial charge in [-0.2, -0.15) is 0 Å². The zero-order chi connectivity index (χ0) is 20.3. The zero-order valence-corrected chi connectivity index (χ0v) is 17.8. The van der Waals surface area contributed by atoms with E-state index in [1.165, 1.54) is 50.5 Å². The molecule has 0 aliphatic heterocycles. The van der Waals surface area contributed by atoms with E-state index in [0.29, 0.717) is 18.9 Å². The molecule has 0 saturated heterocycles. The number of ether oxygens (including phenoxy) is 1. The molecule has 0 bridgehead atoms. The highest BCUT2D eigenvalue weighted by atomic mass is 16.5. The molecule has 0 spiro atoms. The molecule has 0 amide bonds. The lowest BCUT2D eigenvalue weighted by Crippen LogP contribution is -2.26. The molecule has 0 aliphatic rings. The van der Waals surface area contributed by atoms with Gasteiger partial charge >= 0.3 is 0 Å². The Balaban J connectivity index is 1.53. The van der Waals surface area contributed by atoms with Gasteiger partial charge in [-0.25, -0.2) is 0 Å². The Hall–Kier alpha value is -2.33. The fourth-order valence-electron chi connectivity index (χ4n) is 3.85. The van der Waals surface area contributed by atoms with Crippen LogP contribution in [0.3, 0.4) is 0 Å². The molecule has 0 radical (unpaired) electrons. The summed E-state index contributed by atoms with van der Waals surface area (Å²) in [5.41, 5.74) is 3.83. The summed E-state index contributed by atoms with van der Waals surface area (Å²) in [6, 6.07) is 18.6. The van der Waals surface area contributed by atoms with E-state index >= 15 is 0 Å². The van der Waals surface area contributed by atoms with Gasteiger partial charge < -0.3 is 9.30 Å². The number of imidazole rings is 1. The van der Waals surface area contributed by atoms with Crippen LogP contribution >= 0.6 is 0 Å². The second-order valence-corrected chi connectivity index (χ2v) is 7.82. The van der Waals surface area contributed by atoms with Crippen molar-refractivity contribution in [1.82, 2.24) is 9.13 Å². The fraction of sp³-hybridized carbons (Fsp3) is 0.480. The van der Waals surface area contributed by atoms with Crippen LogP contribution in [0.15, 0.2) is 54.6 Å². The predicted molar refractivity (Wildman–Crippen MR) is 120 cm³/mol. The number of fused-ring (bicyclic) bond motifs is 1. The van der Waals surface area contributed by atoms with E-state index in [9.17, 15) is 0 Å². The van der Waals surface area contributed by atoms with Gasteiger partial charge in [0.2, 0.25) is 5.62 Å². The Morgan fingerprint density at radius 1 is 0.724 bits per heavy atom. The lowest BCUT2D eigenvalue weighted by Gasteiger charge is -2.07. The molecule has 4 nitrogen and oxygen atoms in total. The Bertz CT molecular complexity index is 911. The van der Waals surface area contributed by atoms with Crippen molar-refractivity contribution >= 4 is 11.0 Å². The molecule has 0 fully saturated rings. The zero-order valence-electron chi connectivity index (χ0n) is 17.8. The van der Waals surface area contributed by atoms with Crippen LogP contribution in [0.4, 0.5) is 0 Å². The molecule has 0 aliphatic carbocycles. The molecule has 1 heterocycles. The van der Waals surface area contributed by atoms with Gasteiger partial charge in [-0.15, -0.1) is 0 Å². The van der Waals surface area contributed by atoms with E-state index in [-0.39, 0.29) is 0 Å². The molecule has 156 valence electrons. The molecule has 29 heavy (non-hydrogen) atoms. The summed E-state index contributed by atoms with van der Waals surface area (Å²) in [4.78, 5) is 0. The molecule has 0 saturated carbocycles. The van der Waals surface area contributed by atoms with E-state index in [2.05, 4.69) is 35.8 Å². The number of unbranched alkanes of at least 4 members (excludes halogenated alkanes) is 7. The molecule has 1 N–H and O–H groups in total. The second-order valence-electron chi connectivity index (χ2n) is 7.82. The SMILES string of the molecule is CCCCCCCCCCOCn1c(=N)n(Cc2ccccc2)c2ccccc21. The summed E-state index contributed by atoms with van der Waals surface area (Å²) in [5.74, 6) is 0. The van der Waals surface area contributed by atoms with Crippen LogP contribution in [-0.2, 0) is 18.0 Å². The minimum absolute atomic E-state index is 0.442. The third-order valence-electron chi connectivity index (χ3n) is 5.52. The number of rotatable bonds is 13. The Morgan fingerprint density at radius 2 is 1.31 bits per heavy atom. The van der Waals surface area contributed by atoms with Gasteiger partial charge in [0, 0.05) is 6.61 Å². The second kappa shape index (κ2) is 11.6. The van der Waals surface area contributed by atoms with Crippen molar-refractivity contribution in [1.29, 1.82) is 5.41 Å². The van der Waals surface area contributed by atoms with Crippen LogP contribution in [-0.4, -0.2) is 15.7 Å². The maximum absolute atomic E-state index is 8.70. The van der Waals surface area contributed by atoms with Gasteiger partial charge in [-0.3, -0.25) is 9.98 Å².